The molecule has 0 radical (unpaired) electrons. The number of nitrogens with zero attached hydrogens (tertiary/aromatic N) is 1. The molecule has 2 aromatic rings. The van der Waals surface area contributed by atoms with E-state index in [1.165, 1.54) is 12.1 Å². The fraction of sp³-hybridized carbons (Fsp3) is 0.353. The predicted octanol–water partition coefficient (Wildman–Crippen LogP) is 3.23. The standard InChI is InChI=1S/C17H21FN2O2/c1-10(2)16-13(8-21)15(11-4-6-12(18)7-5-11)14(9-22-3)17(19)20-16/h4-7,10,21H,8-9H2,1-3H3,(H2,19,20). The maximum atomic E-state index is 13.2. The van der Waals surface area contributed by atoms with Gasteiger partial charge < -0.3 is 15.6 Å². The number of nitrogens with two attached hydrogens (primary N) is 1. The van der Waals surface area contributed by atoms with Crippen LogP contribution in [-0.4, -0.2) is 17.2 Å². The number of ether oxygens (including phenoxy) is 1. The molecule has 0 amide bonds. The fourth-order valence-electron chi connectivity index (χ4n) is 2.60. The van der Waals surface area contributed by atoms with Crippen LogP contribution in [0, 0.1) is 5.82 Å². The van der Waals surface area contributed by atoms with E-state index in [2.05, 4.69) is 4.98 Å². The average Bonchev–Trinajstić information content (AvgIpc) is 2.49. The van der Waals surface area contributed by atoms with E-state index >= 15 is 0 Å². The molecule has 1 aromatic heterocycles. The number of pyridine rings is 1. The van der Waals surface area contributed by atoms with Gasteiger partial charge in [-0.15, -0.1) is 0 Å². The summed E-state index contributed by atoms with van der Waals surface area (Å²) in [5, 5.41) is 9.85. The van der Waals surface area contributed by atoms with Crippen LogP contribution in [0.1, 0.15) is 36.6 Å². The third-order valence-electron chi connectivity index (χ3n) is 3.59. The van der Waals surface area contributed by atoms with Gasteiger partial charge in [0.1, 0.15) is 11.6 Å². The van der Waals surface area contributed by atoms with Gasteiger partial charge in [-0.2, -0.15) is 0 Å². The van der Waals surface area contributed by atoms with E-state index in [-0.39, 0.29) is 24.9 Å². The van der Waals surface area contributed by atoms with E-state index in [1.54, 1.807) is 19.2 Å². The Hall–Kier alpha value is -1.98. The van der Waals surface area contributed by atoms with Crippen LogP contribution in [0.5, 0.6) is 0 Å². The van der Waals surface area contributed by atoms with Crippen LogP contribution in [0.4, 0.5) is 10.2 Å². The van der Waals surface area contributed by atoms with Gasteiger partial charge in [0.2, 0.25) is 0 Å². The van der Waals surface area contributed by atoms with E-state index in [1.807, 2.05) is 13.8 Å². The third kappa shape index (κ3) is 3.10. The van der Waals surface area contributed by atoms with Crippen LogP contribution in [0.25, 0.3) is 11.1 Å². The summed E-state index contributed by atoms with van der Waals surface area (Å²) in [6, 6.07) is 6.12. The van der Waals surface area contributed by atoms with Crippen molar-refractivity contribution in [3.05, 3.63) is 46.9 Å². The smallest absolute Gasteiger partial charge is 0.129 e. The first-order valence-corrected chi connectivity index (χ1v) is 7.16. The number of rotatable bonds is 5. The van der Waals surface area contributed by atoms with Gasteiger partial charge in [0.15, 0.2) is 0 Å². The second kappa shape index (κ2) is 6.85. The molecule has 1 aromatic carbocycles. The van der Waals surface area contributed by atoms with Crippen LogP contribution in [-0.2, 0) is 18.0 Å². The first kappa shape index (κ1) is 16.4. The summed E-state index contributed by atoms with van der Waals surface area (Å²) >= 11 is 0. The Morgan fingerprint density at radius 1 is 1.23 bits per heavy atom. The zero-order valence-electron chi connectivity index (χ0n) is 13.1. The van der Waals surface area contributed by atoms with Crippen molar-refractivity contribution in [1.82, 2.24) is 4.98 Å². The van der Waals surface area contributed by atoms with E-state index in [0.717, 1.165) is 16.8 Å². The van der Waals surface area contributed by atoms with Gasteiger partial charge in [-0.3, -0.25) is 0 Å². The Morgan fingerprint density at radius 3 is 2.36 bits per heavy atom. The lowest BCUT2D eigenvalue weighted by molar-refractivity contribution is 0.185. The number of hydrogen-bond acceptors (Lipinski definition) is 4. The molecule has 118 valence electrons. The highest BCUT2D eigenvalue weighted by Crippen LogP contribution is 2.35. The number of nitrogen functional groups attached to an aromatic ring is 1. The quantitative estimate of drug-likeness (QED) is 0.890. The van der Waals surface area contributed by atoms with Crippen LogP contribution in [0.15, 0.2) is 24.3 Å². The summed E-state index contributed by atoms with van der Waals surface area (Å²) in [5.74, 6) is 0.177. The van der Waals surface area contributed by atoms with E-state index in [0.29, 0.717) is 16.9 Å². The highest BCUT2D eigenvalue weighted by atomic mass is 19.1. The van der Waals surface area contributed by atoms with Crippen molar-refractivity contribution in [3.8, 4) is 11.1 Å². The van der Waals surface area contributed by atoms with Gasteiger partial charge >= 0.3 is 0 Å². The normalized spacial score (nSPS) is 11.2. The zero-order chi connectivity index (χ0) is 16.3. The second-order valence-corrected chi connectivity index (χ2v) is 5.47. The highest BCUT2D eigenvalue weighted by molar-refractivity contribution is 5.75. The second-order valence-electron chi connectivity index (χ2n) is 5.47. The van der Waals surface area contributed by atoms with E-state index in [9.17, 15) is 9.50 Å². The van der Waals surface area contributed by atoms with E-state index < -0.39 is 0 Å². The van der Waals surface area contributed by atoms with Gasteiger partial charge in [-0.05, 0) is 29.2 Å². The Balaban J connectivity index is 2.78. The summed E-state index contributed by atoms with van der Waals surface area (Å²) in [7, 11) is 1.57. The molecule has 0 saturated carbocycles. The number of aliphatic hydroxyl groups excluding tert-OH is 1. The summed E-state index contributed by atoms with van der Waals surface area (Å²) in [4.78, 5) is 4.43. The molecule has 0 atom stereocenters. The highest BCUT2D eigenvalue weighted by Gasteiger charge is 2.20. The Morgan fingerprint density at radius 2 is 1.86 bits per heavy atom. The SMILES string of the molecule is COCc1c(N)nc(C(C)C)c(CO)c1-c1ccc(F)cc1. The molecule has 5 heteroatoms. The minimum absolute atomic E-state index is 0.111. The summed E-state index contributed by atoms with van der Waals surface area (Å²) < 4.78 is 18.4. The average molecular weight is 304 g/mol. The van der Waals surface area contributed by atoms with Crippen LogP contribution < -0.4 is 5.73 Å². The van der Waals surface area contributed by atoms with Crippen LogP contribution in [0.3, 0.4) is 0 Å². The molecule has 22 heavy (non-hydrogen) atoms. The van der Waals surface area contributed by atoms with Crippen molar-refractivity contribution in [3.63, 3.8) is 0 Å². The molecule has 0 aliphatic rings. The lowest BCUT2D eigenvalue weighted by Gasteiger charge is -2.20. The van der Waals surface area contributed by atoms with Gasteiger partial charge in [-0.25, -0.2) is 9.37 Å². The maximum Gasteiger partial charge on any atom is 0.129 e. The lowest BCUT2D eigenvalue weighted by atomic mass is 9.91. The number of anilines is 1. The minimum atomic E-state index is -0.311. The minimum Gasteiger partial charge on any atom is -0.392 e. The third-order valence-corrected chi connectivity index (χ3v) is 3.59. The number of hydrogen-bond donors (Lipinski definition) is 2. The Labute approximate surface area is 129 Å². The van der Waals surface area contributed by atoms with Gasteiger partial charge in [0.25, 0.3) is 0 Å². The molecule has 1 heterocycles. The summed E-state index contributed by atoms with van der Waals surface area (Å²) in [6.45, 7) is 4.10. The molecular weight excluding hydrogens is 283 g/mol. The van der Waals surface area contributed by atoms with Crippen molar-refractivity contribution in [2.75, 3.05) is 12.8 Å². The molecule has 4 nitrogen and oxygen atoms in total. The lowest BCUT2D eigenvalue weighted by Crippen LogP contribution is -2.11. The topological polar surface area (TPSA) is 68.4 Å². The number of aromatic nitrogens is 1. The number of aliphatic hydroxyl groups is 1. The summed E-state index contributed by atoms with van der Waals surface area (Å²) in [5.41, 5.74) is 9.82. The summed E-state index contributed by atoms with van der Waals surface area (Å²) in [6.07, 6.45) is 0. The molecule has 0 spiro atoms. The first-order chi connectivity index (χ1) is 10.5. The van der Waals surface area contributed by atoms with Gasteiger partial charge in [0, 0.05) is 18.2 Å². The molecule has 3 N–H and O–H groups in total. The first-order valence-electron chi connectivity index (χ1n) is 7.16. The molecule has 0 bridgehead atoms. The molecule has 0 saturated heterocycles. The van der Waals surface area contributed by atoms with Crippen LogP contribution >= 0.6 is 0 Å². The molecule has 0 aliphatic heterocycles. The molecule has 0 unspecified atom stereocenters. The van der Waals surface area contributed by atoms with Crippen molar-refractivity contribution in [2.24, 2.45) is 0 Å². The fourth-order valence-corrected chi connectivity index (χ4v) is 2.60. The molecular formula is C17H21FN2O2. The number of methoxy groups -OCH3 is 1. The zero-order valence-corrected chi connectivity index (χ0v) is 13.1. The molecule has 0 fully saturated rings. The van der Waals surface area contributed by atoms with E-state index in [4.69, 9.17) is 10.5 Å². The number of halogens is 1. The van der Waals surface area contributed by atoms with Gasteiger partial charge in [0.05, 0.1) is 18.9 Å². The van der Waals surface area contributed by atoms with Crippen molar-refractivity contribution < 1.29 is 14.2 Å². The molecule has 0 aliphatic carbocycles. The monoisotopic (exact) mass is 304 g/mol. The largest absolute Gasteiger partial charge is 0.392 e. The van der Waals surface area contributed by atoms with Crippen molar-refractivity contribution in [1.29, 1.82) is 0 Å². The Bertz CT molecular complexity index is 655. The van der Waals surface area contributed by atoms with Gasteiger partial charge in [-0.1, -0.05) is 26.0 Å². The Kier molecular flexibility index (Phi) is 5.11. The van der Waals surface area contributed by atoms with Crippen molar-refractivity contribution in [2.45, 2.75) is 33.0 Å². The predicted molar refractivity (Wildman–Crippen MR) is 84.8 cm³/mol. The number of benzene rings is 1. The van der Waals surface area contributed by atoms with Crippen molar-refractivity contribution >= 4 is 5.82 Å². The maximum absolute atomic E-state index is 13.2. The molecule has 2 rings (SSSR count). The van der Waals surface area contributed by atoms with Crippen LogP contribution in [0.2, 0.25) is 0 Å².